The number of aryl methyl sites for hydroxylation is 3. The molecule has 0 atom stereocenters. The van der Waals surface area contributed by atoms with Crippen LogP contribution in [0.15, 0.2) is 47.3 Å². The van der Waals surface area contributed by atoms with Crippen LogP contribution in [0, 0.1) is 6.92 Å². The number of carbonyl (C=O) groups excluding carboxylic acids is 1. The van der Waals surface area contributed by atoms with E-state index in [2.05, 4.69) is 32.5 Å². The molecule has 7 heteroatoms. The quantitative estimate of drug-likeness (QED) is 0.629. The van der Waals surface area contributed by atoms with Gasteiger partial charge in [-0.15, -0.1) is 0 Å². The lowest BCUT2D eigenvalue weighted by molar-refractivity contribution is -0.116. The topological polar surface area (TPSA) is 92.7 Å². The summed E-state index contributed by atoms with van der Waals surface area (Å²) in [5.74, 6) is 0.715. The molecule has 7 nitrogen and oxygen atoms in total. The van der Waals surface area contributed by atoms with Crippen molar-refractivity contribution < 1.29 is 4.79 Å². The zero-order valence-corrected chi connectivity index (χ0v) is 16.2. The summed E-state index contributed by atoms with van der Waals surface area (Å²) in [6.07, 6.45) is 3.60. The Bertz CT molecular complexity index is 992. The standard InChI is InChI=1S/C21H25N5O2/c1-3-8-17-14-20(28)24-21(22-17)26-18(13-15(2)25-26)23-19(27)12-7-11-16-9-5-4-6-10-16/h4-6,9-10,13-14H,3,7-8,11-12H2,1-2H3,(H,23,27)(H,22,24,28). The van der Waals surface area contributed by atoms with Crippen molar-refractivity contribution >= 4 is 11.7 Å². The molecule has 3 rings (SSSR count). The maximum absolute atomic E-state index is 12.4. The molecule has 0 unspecified atom stereocenters. The van der Waals surface area contributed by atoms with Crippen LogP contribution in [0.3, 0.4) is 0 Å². The number of aromatic amines is 1. The molecular weight excluding hydrogens is 354 g/mol. The van der Waals surface area contributed by atoms with Crippen LogP contribution in [0.2, 0.25) is 0 Å². The van der Waals surface area contributed by atoms with Crippen molar-refractivity contribution in [2.24, 2.45) is 0 Å². The van der Waals surface area contributed by atoms with Crippen molar-refractivity contribution in [3.05, 3.63) is 69.8 Å². The number of anilines is 1. The monoisotopic (exact) mass is 379 g/mol. The van der Waals surface area contributed by atoms with Crippen LogP contribution >= 0.6 is 0 Å². The highest BCUT2D eigenvalue weighted by molar-refractivity contribution is 5.90. The number of aromatic nitrogens is 4. The molecule has 2 N–H and O–H groups in total. The van der Waals surface area contributed by atoms with Gasteiger partial charge in [-0.2, -0.15) is 9.78 Å². The predicted molar refractivity (Wildman–Crippen MR) is 109 cm³/mol. The van der Waals surface area contributed by atoms with Gasteiger partial charge in [0.05, 0.1) is 5.69 Å². The van der Waals surface area contributed by atoms with E-state index in [4.69, 9.17) is 0 Å². The molecule has 0 spiro atoms. The van der Waals surface area contributed by atoms with E-state index in [0.29, 0.717) is 30.3 Å². The van der Waals surface area contributed by atoms with Gasteiger partial charge in [0.15, 0.2) is 0 Å². The Morgan fingerprint density at radius 3 is 2.71 bits per heavy atom. The summed E-state index contributed by atoms with van der Waals surface area (Å²) in [6.45, 7) is 3.86. The van der Waals surface area contributed by atoms with Gasteiger partial charge in [0.25, 0.3) is 5.56 Å². The average molecular weight is 379 g/mol. The SMILES string of the molecule is CCCc1cc(=O)[nH]c(-n2nc(C)cc2NC(=O)CCCc2ccccc2)n1. The number of hydrogen-bond donors (Lipinski definition) is 2. The second-order valence-corrected chi connectivity index (χ2v) is 6.78. The van der Waals surface area contributed by atoms with Gasteiger partial charge in [-0.1, -0.05) is 43.7 Å². The van der Waals surface area contributed by atoms with E-state index in [1.165, 1.54) is 16.3 Å². The fraction of sp³-hybridized carbons (Fsp3) is 0.333. The van der Waals surface area contributed by atoms with Crippen LogP contribution < -0.4 is 10.9 Å². The largest absolute Gasteiger partial charge is 0.310 e. The number of amides is 1. The van der Waals surface area contributed by atoms with E-state index < -0.39 is 0 Å². The van der Waals surface area contributed by atoms with E-state index in [-0.39, 0.29) is 11.5 Å². The van der Waals surface area contributed by atoms with Crippen LogP contribution in [-0.2, 0) is 17.6 Å². The first-order chi connectivity index (χ1) is 13.5. The summed E-state index contributed by atoms with van der Waals surface area (Å²) in [5.41, 5.74) is 2.41. The second kappa shape index (κ2) is 9.12. The van der Waals surface area contributed by atoms with Crippen molar-refractivity contribution in [3.63, 3.8) is 0 Å². The number of rotatable bonds is 8. The molecule has 28 heavy (non-hydrogen) atoms. The van der Waals surface area contributed by atoms with Crippen molar-refractivity contribution in [2.45, 2.75) is 46.0 Å². The molecule has 146 valence electrons. The van der Waals surface area contributed by atoms with Crippen LogP contribution in [0.25, 0.3) is 5.95 Å². The van der Waals surface area contributed by atoms with Crippen molar-refractivity contribution in [1.82, 2.24) is 19.7 Å². The zero-order valence-electron chi connectivity index (χ0n) is 16.2. The minimum absolute atomic E-state index is 0.0934. The molecule has 0 saturated carbocycles. The Labute approximate surface area is 163 Å². The Kier molecular flexibility index (Phi) is 6.37. The summed E-state index contributed by atoms with van der Waals surface area (Å²) in [7, 11) is 0. The van der Waals surface area contributed by atoms with Crippen LogP contribution in [0.1, 0.15) is 43.1 Å². The highest BCUT2D eigenvalue weighted by Crippen LogP contribution is 2.15. The Hall–Kier alpha value is -3.22. The molecule has 0 aliphatic heterocycles. The van der Waals surface area contributed by atoms with E-state index in [0.717, 1.165) is 25.0 Å². The van der Waals surface area contributed by atoms with Gasteiger partial charge in [0.2, 0.25) is 11.9 Å². The van der Waals surface area contributed by atoms with Gasteiger partial charge in [-0.05, 0) is 31.7 Å². The minimum atomic E-state index is -0.234. The number of nitrogens with zero attached hydrogens (tertiary/aromatic N) is 3. The highest BCUT2D eigenvalue weighted by Gasteiger charge is 2.13. The molecule has 2 aromatic heterocycles. The second-order valence-electron chi connectivity index (χ2n) is 6.78. The van der Waals surface area contributed by atoms with Crippen LogP contribution in [0.4, 0.5) is 5.82 Å². The van der Waals surface area contributed by atoms with Crippen LogP contribution in [-0.4, -0.2) is 25.7 Å². The lowest BCUT2D eigenvalue weighted by Gasteiger charge is -2.09. The Morgan fingerprint density at radius 1 is 1.18 bits per heavy atom. The van der Waals surface area contributed by atoms with E-state index in [9.17, 15) is 9.59 Å². The maximum atomic E-state index is 12.4. The lowest BCUT2D eigenvalue weighted by Crippen LogP contribution is -2.19. The predicted octanol–water partition coefficient (Wildman–Crippen LogP) is 3.18. The van der Waals surface area contributed by atoms with E-state index in [1.54, 1.807) is 6.07 Å². The molecule has 0 fully saturated rings. The van der Waals surface area contributed by atoms with Crippen molar-refractivity contribution in [1.29, 1.82) is 0 Å². The van der Waals surface area contributed by atoms with Gasteiger partial charge >= 0.3 is 0 Å². The summed E-state index contributed by atoms with van der Waals surface area (Å²) in [5, 5.41) is 7.26. The number of nitrogens with one attached hydrogen (secondary N) is 2. The smallest absolute Gasteiger partial charge is 0.252 e. The Morgan fingerprint density at radius 2 is 1.96 bits per heavy atom. The Balaban J connectivity index is 1.70. The fourth-order valence-electron chi connectivity index (χ4n) is 3.03. The molecule has 3 aromatic rings. The molecule has 2 heterocycles. The van der Waals surface area contributed by atoms with Crippen LogP contribution in [0.5, 0.6) is 0 Å². The van der Waals surface area contributed by atoms with Crippen molar-refractivity contribution in [2.75, 3.05) is 5.32 Å². The van der Waals surface area contributed by atoms with Gasteiger partial charge in [0, 0.05) is 24.2 Å². The summed E-state index contributed by atoms with van der Waals surface area (Å²) < 4.78 is 1.48. The minimum Gasteiger partial charge on any atom is -0.310 e. The molecule has 0 bridgehead atoms. The number of hydrogen-bond acceptors (Lipinski definition) is 4. The third-order valence-electron chi connectivity index (χ3n) is 4.30. The highest BCUT2D eigenvalue weighted by atomic mass is 16.1. The zero-order chi connectivity index (χ0) is 19.9. The molecule has 0 saturated heterocycles. The first kappa shape index (κ1) is 19.5. The first-order valence-electron chi connectivity index (χ1n) is 9.56. The number of benzene rings is 1. The number of carbonyl (C=O) groups is 1. The summed E-state index contributed by atoms with van der Waals surface area (Å²) in [4.78, 5) is 31.5. The molecule has 1 aromatic carbocycles. The van der Waals surface area contributed by atoms with Gasteiger partial charge in [0.1, 0.15) is 5.82 Å². The molecule has 1 amide bonds. The normalized spacial score (nSPS) is 10.8. The van der Waals surface area contributed by atoms with Gasteiger partial charge < -0.3 is 5.32 Å². The molecule has 0 aliphatic carbocycles. The molecular formula is C21H25N5O2. The third-order valence-corrected chi connectivity index (χ3v) is 4.30. The van der Waals surface area contributed by atoms with E-state index >= 15 is 0 Å². The van der Waals surface area contributed by atoms with E-state index in [1.807, 2.05) is 32.0 Å². The molecule has 0 radical (unpaired) electrons. The average Bonchev–Trinajstić information content (AvgIpc) is 3.02. The first-order valence-corrected chi connectivity index (χ1v) is 9.56. The maximum Gasteiger partial charge on any atom is 0.252 e. The van der Waals surface area contributed by atoms with Gasteiger partial charge in [-0.25, -0.2) is 4.98 Å². The summed E-state index contributed by atoms with van der Waals surface area (Å²) in [6, 6.07) is 13.3. The third kappa shape index (κ3) is 5.16. The lowest BCUT2D eigenvalue weighted by atomic mass is 10.1. The van der Waals surface area contributed by atoms with Crippen molar-refractivity contribution in [3.8, 4) is 5.95 Å². The summed E-state index contributed by atoms with van der Waals surface area (Å²) >= 11 is 0. The fourth-order valence-corrected chi connectivity index (χ4v) is 3.03. The van der Waals surface area contributed by atoms with Gasteiger partial charge in [-0.3, -0.25) is 14.6 Å². The molecule has 0 aliphatic rings. The number of H-pyrrole nitrogens is 1.